The standard InChI is InChI=1S/C11H17NS/c1-9-4-6-10(7-5-9)11(2,8-12)13-3/h4-7H,8,12H2,1-3H3. The SMILES string of the molecule is CSC(C)(CN)c1ccc(C)cc1. The highest BCUT2D eigenvalue weighted by Gasteiger charge is 2.22. The van der Waals surface area contributed by atoms with Gasteiger partial charge in [0.1, 0.15) is 0 Å². The number of hydrogen-bond donors (Lipinski definition) is 1. The molecular weight excluding hydrogens is 178 g/mol. The van der Waals surface area contributed by atoms with E-state index in [2.05, 4.69) is 44.4 Å². The van der Waals surface area contributed by atoms with Gasteiger partial charge in [0.2, 0.25) is 0 Å². The van der Waals surface area contributed by atoms with Crippen molar-refractivity contribution >= 4 is 11.8 Å². The highest BCUT2D eigenvalue weighted by Crippen LogP contribution is 2.32. The highest BCUT2D eigenvalue weighted by atomic mass is 32.2. The summed E-state index contributed by atoms with van der Waals surface area (Å²) >= 11 is 1.81. The van der Waals surface area contributed by atoms with Crippen molar-refractivity contribution in [1.29, 1.82) is 0 Å². The first-order valence-electron chi connectivity index (χ1n) is 4.45. The van der Waals surface area contributed by atoms with Crippen molar-refractivity contribution in [2.24, 2.45) is 5.73 Å². The molecule has 0 saturated carbocycles. The smallest absolute Gasteiger partial charge is 0.0499 e. The van der Waals surface area contributed by atoms with Crippen LogP contribution in [0.2, 0.25) is 0 Å². The number of hydrogen-bond acceptors (Lipinski definition) is 2. The van der Waals surface area contributed by atoms with Gasteiger partial charge in [-0.05, 0) is 25.7 Å². The van der Waals surface area contributed by atoms with Crippen LogP contribution in [-0.4, -0.2) is 12.8 Å². The lowest BCUT2D eigenvalue weighted by atomic mass is 9.99. The van der Waals surface area contributed by atoms with E-state index in [1.54, 1.807) is 11.8 Å². The topological polar surface area (TPSA) is 26.0 Å². The van der Waals surface area contributed by atoms with Gasteiger partial charge < -0.3 is 5.73 Å². The summed E-state index contributed by atoms with van der Waals surface area (Å²) < 4.78 is 0.0632. The van der Waals surface area contributed by atoms with Gasteiger partial charge in [0, 0.05) is 11.3 Å². The van der Waals surface area contributed by atoms with Crippen LogP contribution in [0.4, 0.5) is 0 Å². The second-order valence-corrected chi connectivity index (χ2v) is 4.81. The van der Waals surface area contributed by atoms with Crippen molar-refractivity contribution in [2.45, 2.75) is 18.6 Å². The summed E-state index contributed by atoms with van der Waals surface area (Å²) in [4.78, 5) is 0. The Bertz CT molecular complexity index is 262. The largest absolute Gasteiger partial charge is 0.329 e. The first-order valence-corrected chi connectivity index (χ1v) is 5.67. The molecule has 1 unspecified atom stereocenters. The fourth-order valence-electron chi connectivity index (χ4n) is 1.23. The molecule has 0 heterocycles. The van der Waals surface area contributed by atoms with Crippen LogP contribution in [-0.2, 0) is 4.75 Å². The van der Waals surface area contributed by atoms with Crippen molar-refractivity contribution in [2.75, 3.05) is 12.8 Å². The molecule has 0 bridgehead atoms. The molecule has 72 valence electrons. The van der Waals surface area contributed by atoms with E-state index < -0.39 is 0 Å². The lowest BCUT2D eigenvalue weighted by Crippen LogP contribution is -2.27. The highest BCUT2D eigenvalue weighted by molar-refractivity contribution is 7.99. The molecule has 2 heteroatoms. The molecule has 0 aliphatic heterocycles. The lowest BCUT2D eigenvalue weighted by Gasteiger charge is -2.26. The normalized spacial score (nSPS) is 15.4. The zero-order valence-electron chi connectivity index (χ0n) is 8.50. The van der Waals surface area contributed by atoms with E-state index in [9.17, 15) is 0 Å². The maximum Gasteiger partial charge on any atom is 0.0499 e. The third kappa shape index (κ3) is 2.26. The van der Waals surface area contributed by atoms with Gasteiger partial charge in [0.15, 0.2) is 0 Å². The molecule has 0 radical (unpaired) electrons. The van der Waals surface area contributed by atoms with E-state index >= 15 is 0 Å². The average Bonchev–Trinajstić information content (AvgIpc) is 2.18. The van der Waals surface area contributed by atoms with Crippen LogP contribution >= 0.6 is 11.8 Å². The van der Waals surface area contributed by atoms with E-state index in [1.165, 1.54) is 11.1 Å². The summed E-state index contributed by atoms with van der Waals surface area (Å²) in [5.74, 6) is 0. The van der Waals surface area contributed by atoms with Crippen LogP contribution in [0.15, 0.2) is 24.3 Å². The van der Waals surface area contributed by atoms with Crippen molar-refractivity contribution in [3.05, 3.63) is 35.4 Å². The molecule has 1 aromatic carbocycles. The van der Waals surface area contributed by atoms with Gasteiger partial charge in [-0.25, -0.2) is 0 Å². The van der Waals surface area contributed by atoms with E-state index in [0.717, 1.165) is 0 Å². The molecular formula is C11H17NS. The number of nitrogens with two attached hydrogens (primary N) is 1. The maximum atomic E-state index is 5.77. The van der Waals surface area contributed by atoms with Gasteiger partial charge in [-0.1, -0.05) is 29.8 Å². The van der Waals surface area contributed by atoms with Crippen LogP contribution in [0.25, 0.3) is 0 Å². The van der Waals surface area contributed by atoms with Gasteiger partial charge >= 0.3 is 0 Å². The minimum atomic E-state index is 0.0632. The minimum Gasteiger partial charge on any atom is -0.329 e. The van der Waals surface area contributed by atoms with Crippen LogP contribution in [0.3, 0.4) is 0 Å². The molecule has 0 aromatic heterocycles. The number of thioether (sulfide) groups is 1. The average molecular weight is 195 g/mol. The molecule has 0 saturated heterocycles. The molecule has 1 atom stereocenters. The summed E-state index contributed by atoms with van der Waals surface area (Å²) in [6, 6.07) is 8.61. The molecule has 2 N–H and O–H groups in total. The lowest BCUT2D eigenvalue weighted by molar-refractivity contribution is 0.705. The third-order valence-electron chi connectivity index (χ3n) is 2.50. The third-order valence-corrected chi connectivity index (χ3v) is 3.81. The van der Waals surface area contributed by atoms with Gasteiger partial charge in [0.25, 0.3) is 0 Å². The van der Waals surface area contributed by atoms with Crippen LogP contribution in [0.5, 0.6) is 0 Å². The van der Waals surface area contributed by atoms with Gasteiger partial charge in [-0.2, -0.15) is 11.8 Å². The monoisotopic (exact) mass is 195 g/mol. The Morgan fingerprint density at radius 1 is 1.31 bits per heavy atom. The summed E-state index contributed by atoms with van der Waals surface area (Å²) in [5, 5.41) is 0. The van der Waals surface area contributed by atoms with E-state index in [1.807, 2.05) is 0 Å². The van der Waals surface area contributed by atoms with Gasteiger partial charge in [0.05, 0.1) is 0 Å². The van der Waals surface area contributed by atoms with Crippen molar-refractivity contribution in [3.8, 4) is 0 Å². The summed E-state index contributed by atoms with van der Waals surface area (Å²) in [6.07, 6.45) is 2.10. The first kappa shape index (κ1) is 10.6. The molecule has 1 nitrogen and oxygen atoms in total. The van der Waals surface area contributed by atoms with Crippen molar-refractivity contribution < 1.29 is 0 Å². The predicted molar refractivity (Wildman–Crippen MR) is 61.1 cm³/mol. The van der Waals surface area contributed by atoms with Crippen LogP contribution in [0, 0.1) is 6.92 Å². The van der Waals surface area contributed by atoms with E-state index in [0.29, 0.717) is 6.54 Å². The Balaban J connectivity index is 2.99. The Kier molecular flexibility index (Phi) is 3.40. The second-order valence-electron chi connectivity index (χ2n) is 3.51. The Labute approximate surface area is 84.7 Å². The summed E-state index contributed by atoms with van der Waals surface area (Å²) in [5.41, 5.74) is 8.38. The molecule has 0 amide bonds. The molecule has 0 fully saturated rings. The summed E-state index contributed by atoms with van der Waals surface area (Å²) in [7, 11) is 0. The van der Waals surface area contributed by atoms with Gasteiger partial charge in [-0.15, -0.1) is 0 Å². The maximum absolute atomic E-state index is 5.77. The Hall–Kier alpha value is -0.470. The zero-order chi connectivity index (χ0) is 9.90. The molecule has 0 aliphatic rings. The molecule has 13 heavy (non-hydrogen) atoms. The molecule has 0 spiro atoms. The van der Waals surface area contributed by atoms with Gasteiger partial charge in [-0.3, -0.25) is 0 Å². The fourth-order valence-corrected chi connectivity index (χ4v) is 1.76. The number of rotatable bonds is 3. The molecule has 1 rings (SSSR count). The van der Waals surface area contributed by atoms with E-state index in [4.69, 9.17) is 5.73 Å². The van der Waals surface area contributed by atoms with Crippen LogP contribution < -0.4 is 5.73 Å². The Morgan fingerprint density at radius 2 is 1.85 bits per heavy atom. The molecule has 0 aliphatic carbocycles. The number of benzene rings is 1. The molecule has 1 aromatic rings. The number of aryl methyl sites for hydroxylation is 1. The minimum absolute atomic E-state index is 0.0632. The van der Waals surface area contributed by atoms with Crippen molar-refractivity contribution in [1.82, 2.24) is 0 Å². The zero-order valence-corrected chi connectivity index (χ0v) is 9.32. The fraction of sp³-hybridized carbons (Fsp3) is 0.455. The van der Waals surface area contributed by atoms with E-state index in [-0.39, 0.29) is 4.75 Å². The second kappa shape index (κ2) is 4.16. The quantitative estimate of drug-likeness (QED) is 0.802. The summed E-state index contributed by atoms with van der Waals surface area (Å²) in [6.45, 7) is 4.96. The van der Waals surface area contributed by atoms with Crippen LogP contribution in [0.1, 0.15) is 18.1 Å². The predicted octanol–water partition coefficient (Wildman–Crippen LogP) is 2.53. The first-order chi connectivity index (χ1) is 6.12. The van der Waals surface area contributed by atoms with Crippen molar-refractivity contribution in [3.63, 3.8) is 0 Å². The Morgan fingerprint density at radius 3 is 2.23 bits per heavy atom.